The van der Waals surface area contributed by atoms with Crippen molar-refractivity contribution in [1.29, 1.82) is 0 Å². The van der Waals surface area contributed by atoms with E-state index >= 15 is 0 Å². The zero-order valence-electron chi connectivity index (χ0n) is 14.6. The number of carbonyl (C=O) groups excluding carboxylic acids is 1. The van der Waals surface area contributed by atoms with Gasteiger partial charge in [-0.05, 0) is 36.1 Å². The summed E-state index contributed by atoms with van der Waals surface area (Å²) < 4.78 is 5.42. The molecule has 0 radical (unpaired) electrons. The maximum Gasteiger partial charge on any atom is 0.275 e. The molecule has 0 saturated carbocycles. The lowest BCUT2D eigenvalue weighted by Crippen LogP contribution is -2.30. The van der Waals surface area contributed by atoms with Crippen molar-refractivity contribution in [2.24, 2.45) is 5.92 Å². The number of nitrogens with zero attached hydrogens (tertiary/aromatic N) is 2. The number of rotatable bonds is 7. The van der Waals surface area contributed by atoms with Crippen LogP contribution in [0, 0.1) is 5.92 Å². The smallest absolute Gasteiger partial charge is 0.275 e. The van der Waals surface area contributed by atoms with E-state index in [1.165, 1.54) is 0 Å². The Hall–Kier alpha value is -2.82. The third kappa shape index (κ3) is 4.59. The second-order valence-electron chi connectivity index (χ2n) is 6.60. The van der Waals surface area contributed by atoms with E-state index in [0.29, 0.717) is 24.7 Å². The van der Waals surface area contributed by atoms with Crippen LogP contribution in [0.25, 0.3) is 0 Å². The summed E-state index contributed by atoms with van der Waals surface area (Å²) in [5, 5.41) is 7.19. The zero-order chi connectivity index (χ0) is 17.6. The summed E-state index contributed by atoms with van der Waals surface area (Å²) in [4.78, 5) is 14.7. The van der Waals surface area contributed by atoms with Gasteiger partial charge in [0.2, 0.25) is 0 Å². The fraction of sp³-hybridized carbons (Fsp3) is 0.300. The number of furan rings is 1. The van der Waals surface area contributed by atoms with Crippen molar-refractivity contribution in [3.05, 3.63) is 77.5 Å². The van der Waals surface area contributed by atoms with Gasteiger partial charge in [0, 0.05) is 12.2 Å². The van der Waals surface area contributed by atoms with Crippen molar-refractivity contribution in [3.8, 4) is 0 Å². The number of aromatic nitrogens is 2. The number of nitrogens with one attached hydrogen (secondary N) is 1. The molecular formula is C20H23N3O2. The first-order chi connectivity index (χ1) is 12.1. The molecule has 0 aliphatic rings. The van der Waals surface area contributed by atoms with E-state index in [4.69, 9.17) is 4.42 Å². The summed E-state index contributed by atoms with van der Waals surface area (Å²) in [5.74, 6) is 1.15. The first kappa shape index (κ1) is 17.0. The lowest BCUT2D eigenvalue weighted by Gasteiger charge is -2.20. The van der Waals surface area contributed by atoms with Gasteiger partial charge in [-0.1, -0.05) is 44.2 Å². The Morgan fingerprint density at radius 1 is 1.16 bits per heavy atom. The number of benzene rings is 1. The molecule has 0 atom stereocenters. The molecule has 5 nitrogen and oxygen atoms in total. The van der Waals surface area contributed by atoms with Gasteiger partial charge in [-0.25, -0.2) is 0 Å². The lowest BCUT2D eigenvalue weighted by molar-refractivity contribution is 0.0711. The molecule has 25 heavy (non-hydrogen) atoms. The summed E-state index contributed by atoms with van der Waals surface area (Å²) in [7, 11) is 0. The summed E-state index contributed by atoms with van der Waals surface area (Å²) in [6.07, 6.45) is 2.49. The number of aromatic amines is 1. The standard InChI is InChI=1S/C20H23N3O2/c1-15(2)11-17-12-19(22-21-17)20(24)23(14-18-9-6-10-25-18)13-16-7-4-3-5-8-16/h3-10,12,15H,11,13-14H2,1-2H3,(H,21,22). The van der Waals surface area contributed by atoms with Crippen LogP contribution in [0.5, 0.6) is 0 Å². The summed E-state index contributed by atoms with van der Waals surface area (Å²) >= 11 is 0. The van der Waals surface area contributed by atoms with Gasteiger partial charge in [0.15, 0.2) is 0 Å². The average Bonchev–Trinajstić information content (AvgIpc) is 3.26. The first-order valence-corrected chi connectivity index (χ1v) is 8.51. The fourth-order valence-corrected chi connectivity index (χ4v) is 2.77. The molecule has 0 saturated heterocycles. The van der Waals surface area contributed by atoms with E-state index in [1.54, 1.807) is 11.2 Å². The number of hydrogen-bond donors (Lipinski definition) is 1. The van der Waals surface area contributed by atoms with Crippen LogP contribution in [0.15, 0.2) is 59.2 Å². The van der Waals surface area contributed by atoms with Crippen LogP contribution in [-0.4, -0.2) is 21.0 Å². The average molecular weight is 337 g/mol. The highest BCUT2D eigenvalue weighted by molar-refractivity contribution is 5.92. The molecule has 0 aliphatic carbocycles. The minimum Gasteiger partial charge on any atom is -0.467 e. The van der Waals surface area contributed by atoms with Crippen LogP contribution >= 0.6 is 0 Å². The predicted octanol–water partition coefficient (Wildman–Crippen LogP) is 4.04. The predicted molar refractivity (Wildman–Crippen MR) is 95.9 cm³/mol. The Bertz CT molecular complexity index is 791. The molecule has 1 aromatic carbocycles. The second-order valence-corrected chi connectivity index (χ2v) is 6.60. The maximum absolute atomic E-state index is 13.0. The number of hydrogen-bond acceptors (Lipinski definition) is 3. The monoisotopic (exact) mass is 337 g/mol. The highest BCUT2D eigenvalue weighted by Crippen LogP contribution is 2.15. The van der Waals surface area contributed by atoms with Crippen LogP contribution in [0.1, 0.15) is 41.4 Å². The van der Waals surface area contributed by atoms with Crippen molar-refractivity contribution in [2.45, 2.75) is 33.4 Å². The molecule has 0 bridgehead atoms. The zero-order valence-corrected chi connectivity index (χ0v) is 14.6. The molecule has 3 rings (SSSR count). The Kier molecular flexibility index (Phi) is 5.33. The lowest BCUT2D eigenvalue weighted by atomic mass is 10.1. The van der Waals surface area contributed by atoms with Gasteiger partial charge < -0.3 is 9.32 Å². The minimum atomic E-state index is -0.105. The van der Waals surface area contributed by atoms with Crippen molar-refractivity contribution in [1.82, 2.24) is 15.1 Å². The normalized spacial score (nSPS) is 11.0. The van der Waals surface area contributed by atoms with Gasteiger partial charge in [-0.15, -0.1) is 0 Å². The number of H-pyrrole nitrogens is 1. The molecule has 0 spiro atoms. The third-order valence-corrected chi connectivity index (χ3v) is 3.91. The highest BCUT2D eigenvalue weighted by atomic mass is 16.3. The minimum absolute atomic E-state index is 0.105. The molecular weight excluding hydrogens is 314 g/mol. The van der Waals surface area contributed by atoms with Crippen LogP contribution < -0.4 is 0 Å². The Balaban J connectivity index is 1.79. The topological polar surface area (TPSA) is 62.1 Å². The molecule has 3 aromatic rings. The van der Waals surface area contributed by atoms with Gasteiger partial charge in [0.25, 0.3) is 5.91 Å². The van der Waals surface area contributed by atoms with Crippen molar-refractivity contribution < 1.29 is 9.21 Å². The van der Waals surface area contributed by atoms with Crippen LogP contribution in [0.4, 0.5) is 0 Å². The Morgan fingerprint density at radius 2 is 1.96 bits per heavy atom. The van der Waals surface area contributed by atoms with Gasteiger partial charge in [-0.2, -0.15) is 5.10 Å². The summed E-state index contributed by atoms with van der Waals surface area (Å²) in [5.41, 5.74) is 2.49. The highest BCUT2D eigenvalue weighted by Gasteiger charge is 2.20. The van der Waals surface area contributed by atoms with E-state index < -0.39 is 0 Å². The Labute approximate surface area is 147 Å². The largest absolute Gasteiger partial charge is 0.467 e. The van der Waals surface area contributed by atoms with E-state index in [-0.39, 0.29) is 5.91 Å². The SMILES string of the molecule is CC(C)Cc1cc(C(=O)N(Cc2ccccc2)Cc2ccco2)n[nH]1. The van der Waals surface area contributed by atoms with Crippen molar-refractivity contribution >= 4 is 5.91 Å². The molecule has 2 aromatic heterocycles. The quantitative estimate of drug-likeness (QED) is 0.707. The molecule has 5 heteroatoms. The van der Waals surface area contributed by atoms with Crippen LogP contribution in [-0.2, 0) is 19.5 Å². The molecule has 0 unspecified atom stereocenters. The molecule has 0 fully saturated rings. The third-order valence-electron chi connectivity index (χ3n) is 3.91. The summed E-state index contributed by atoms with van der Waals surface area (Å²) in [6, 6.07) is 15.5. The van der Waals surface area contributed by atoms with Gasteiger partial charge in [0.05, 0.1) is 12.8 Å². The fourth-order valence-electron chi connectivity index (χ4n) is 2.77. The maximum atomic E-state index is 13.0. The number of amides is 1. The van der Waals surface area contributed by atoms with E-state index in [9.17, 15) is 4.79 Å². The van der Waals surface area contributed by atoms with Crippen LogP contribution in [0.3, 0.4) is 0 Å². The van der Waals surface area contributed by atoms with Crippen molar-refractivity contribution in [3.63, 3.8) is 0 Å². The molecule has 130 valence electrons. The van der Waals surface area contributed by atoms with E-state index in [0.717, 1.165) is 23.4 Å². The van der Waals surface area contributed by atoms with E-state index in [2.05, 4.69) is 24.0 Å². The van der Waals surface area contributed by atoms with Gasteiger partial charge >= 0.3 is 0 Å². The molecule has 1 amide bonds. The molecule has 0 aliphatic heterocycles. The molecule has 1 N–H and O–H groups in total. The van der Waals surface area contributed by atoms with Gasteiger partial charge in [0.1, 0.15) is 11.5 Å². The Morgan fingerprint density at radius 3 is 2.64 bits per heavy atom. The second kappa shape index (κ2) is 7.83. The molecule has 2 heterocycles. The van der Waals surface area contributed by atoms with Gasteiger partial charge in [-0.3, -0.25) is 9.89 Å². The van der Waals surface area contributed by atoms with E-state index in [1.807, 2.05) is 48.5 Å². The van der Waals surface area contributed by atoms with Crippen molar-refractivity contribution in [2.75, 3.05) is 0 Å². The first-order valence-electron chi connectivity index (χ1n) is 8.51. The summed E-state index contributed by atoms with van der Waals surface area (Å²) in [6.45, 7) is 5.20. The van der Waals surface area contributed by atoms with Crippen LogP contribution in [0.2, 0.25) is 0 Å². The number of carbonyl (C=O) groups is 1.